The highest BCUT2D eigenvalue weighted by molar-refractivity contribution is 4.82. The van der Waals surface area contributed by atoms with Gasteiger partial charge in [0.2, 0.25) is 0 Å². The summed E-state index contributed by atoms with van der Waals surface area (Å²) >= 11 is 0. The van der Waals surface area contributed by atoms with Gasteiger partial charge in [-0.05, 0) is 12.0 Å². The normalized spacial score (nSPS) is 13.7. The minimum Gasteiger partial charge on any atom is -0.382 e. The van der Waals surface area contributed by atoms with Crippen LogP contribution in [-0.2, 0) is 4.74 Å². The van der Waals surface area contributed by atoms with Gasteiger partial charge in [-0.15, -0.1) is 0 Å². The van der Waals surface area contributed by atoms with Gasteiger partial charge in [-0.25, -0.2) is 0 Å². The van der Waals surface area contributed by atoms with Gasteiger partial charge in [0.1, 0.15) is 0 Å². The molecule has 0 saturated carbocycles. The Kier molecular flexibility index (Phi) is 3.29. The van der Waals surface area contributed by atoms with E-state index in [4.69, 9.17) is 4.74 Å². The van der Waals surface area contributed by atoms with Crippen molar-refractivity contribution in [2.75, 3.05) is 13.7 Å². The summed E-state index contributed by atoms with van der Waals surface area (Å²) in [6.07, 6.45) is 3.77. The van der Waals surface area contributed by atoms with E-state index in [0.717, 1.165) is 6.61 Å². The van der Waals surface area contributed by atoms with Crippen LogP contribution in [0.25, 0.3) is 0 Å². The molecule has 3 heteroatoms. The van der Waals surface area contributed by atoms with E-state index in [1.54, 1.807) is 13.3 Å². The Hall–Kier alpha value is -0.830. The van der Waals surface area contributed by atoms with Crippen molar-refractivity contribution in [2.45, 2.75) is 19.9 Å². The lowest BCUT2D eigenvalue weighted by Gasteiger charge is -2.20. The second-order valence-corrected chi connectivity index (χ2v) is 3.25. The molecule has 0 N–H and O–H groups in total. The fraction of sp³-hybridized carbons (Fsp3) is 0.667. The van der Waals surface area contributed by atoms with Crippen LogP contribution in [0.2, 0.25) is 0 Å². The first kappa shape index (κ1) is 9.26. The van der Waals surface area contributed by atoms with Crippen LogP contribution in [0.3, 0.4) is 0 Å². The first-order valence-corrected chi connectivity index (χ1v) is 4.23. The van der Waals surface area contributed by atoms with Crippen LogP contribution in [0.5, 0.6) is 0 Å². The zero-order chi connectivity index (χ0) is 8.97. The lowest BCUT2D eigenvalue weighted by molar-refractivity contribution is 0.126. The Morgan fingerprint density at radius 3 is 2.67 bits per heavy atom. The third-order valence-electron chi connectivity index (χ3n) is 1.97. The summed E-state index contributed by atoms with van der Waals surface area (Å²) in [6, 6.07) is 2.29. The molecule has 68 valence electrons. The van der Waals surface area contributed by atoms with E-state index in [1.165, 1.54) is 0 Å². The predicted octanol–water partition coefficient (Wildman–Crippen LogP) is 1.73. The van der Waals surface area contributed by atoms with Gasteiger partial charge in [-0.1, -0.05) is 13.8 Å². The number of ether oxygens (including phenoxy) is 1. The maximum atomic E-state index is 5.13. The molecular formula is C9H16N2O. The van der Waals surface area contributed by atoms with Crippen molar-refractivity contribution in [3.63, 3.8) is 0 Å². The minimum absolute atomic E-state index is 0.352. The van der Waals surface area contributed by atoms with E-state index >= 15 is 0 Å². The van der Waals surface area contributed by atoms with Gasteiger partial charge >= 0.3 is 0 Å². The largest absolute Gasteiger partial charge is 0.382 e. The Morgan fingerprint density at radius 1 is 1.50 bits per heavy atom. The van der Waals surface area contributed by atoms with Gasteiger partial charge in [-0.3, -0.25) is 4.68 Å². The summed E-state index contributed by atoms with van der Waals surface area (Å²) in [5, 5.41) is 4.19. The maximum absolute atomic E-state index is 5.13. The zero-order valence-electron chi connectivity index (χ0n) is 7.90. The molecule has 0 aliphatic carbocycles. The van der Waals surface area contributed by atoms with Gasteiger partial charge < -0.3 is 4.74 Å². The third kappa shape index (κ3) is 2.08. The molecule has 0 saturated heterocycles. The van der Waals surface area contributed by atoms with Gasteiger partial charge in [0, 0.05) is 19.5 Å². The fourth-order valence-corrected chi connectivity index (χ4v) is 1.22. The molecule has 0 spiro atoms. The molecule has 1 unspecified atom stereocenters. The fourth-order valence-electron chi connectivity index (χ4n) is 1.22. The van der Waals surface area contributed by atoms with Crippen molar-refractivity contribution in [3.8, 4) is 0 Å². The smallest absolute Gasteiger partial charge is 0.0775 e. The first-order valence-electron chi connectivity index (χ1n) is 4.23. The molecule has 0 bridgehead atoms. The molecule has 1 atom stereocenters. The van der Waals surface area contributed by atoms with Gasteiger partial charge in [0.05, 0.1) is 12.6 Å². The zero-order valence-corrected chi connectivity index (χ0v) is 7.90. The monoisotopic (exact) mass is 168 g/mol. The minimum atomic E-state index is 0.352. The average molecular weight is 168 g/mol. The molecule has 0 fully saturated rings. The number of hydrogen-bond donors (Lipinski definition) is 0. The second kappa shape index (κ2) is 4.26. The summed E-state index contributed by atoms with van der Waals surface area (Å²) < 4.78 is 7.08. The van der Waals surface area contributed by atoms with Crippen molar-refractivity contribution in [1.82, 2.24) is 9.78 Å². The molecule has 1 aromatic heterocycles. The van der Waals surface area contributed by atoms with E-state index in [2.05, 4.69) is 18.9 Å². The van der Waals surface area contributed by atoms with E-state index in [9.17, 15) is 0 Å². The highest BCUT2D eigenvalue weighted by Crippen LogP contribution is 2.15. The molecule has 1 rings (SSSR count). The molecule has 0 aliphatic rings. The molecule has 1 heterocycles. The highest BCUT2D eigenvalue weighted by Gasteiger charge is 2.14. The topological polar surface area (TPSA) is 27.1 Å². The molecule has 0 aliphatic heterocycles. The van der Waals surface area contributed by atoms with Crippen molar-refractivity contribution >= 4 is 0 Å². The number of hydrogen-bond acceptors (Lipinski definition) is 2. The summed E-state index contributed by atoms with van der Waals surface area (Å²) in [4.78, 5) is 0. The van der Waals surface area contributed by atoms with Crippen LogP contribution >= 0.6 is 0 Å². The molecule has 0 aromatic carbocycles. The van der Waals surface area contributed by atoms with E-state index < -0.39 is 0 Å². The quantitative estimate of drug-likeness (QED) is 0.684. The number of rotatable bonds is 4. The lowest BCUT2D eigenvalue weighted by atomic mass is 10.1. The van der Waals surface area contributed by atoms with Gasteiger partial charge in [-0.2, -0.15) is 5.10 Å². The number of nitrogens with zero attached hydrogens (tertiary/aromatic N) is 2. The van der Waals surface area contributed by atoms with Crippen LogP contribution in [0, 0.1) is 5.92 Å². The Balaban J connectivity index is 2.66. The summed E-state index contributed by atoms with van der Waals surface area (Å²) in [5.41, 5.74) is 0. The molecule has 12 heavy (non-hydrogen) atoms. The van der Waals surface area contributed by atoms with E-state index in [1.807, 2.05) is 16.9 Å². The van der Waals surface area contributed by atoms with Crippen LogP contribution in [0.4, 0.5) is 0 Å². The van der Waals surface area contributed by atoms with Crippen molar-refractivity contribution < 1.29 is 4.74 Å². The van der Waals surface area contributed by atoms with E-state index in [0.29, 0.717) is 12.0 Å². The first-order chi connectivity index (χ1) is 5.75. The predicted molar refractivity (Wildman–Crippen MR) is 48.0 cm³/mol. The highest BCUT2D eigenvalue weighted by atomic mass is 16.5. The van der Waals surface area contributed by atoms with Crippen molar-refractivity contribution in [2.24, 2.45) is 5.92 Å². The van der Waals surface area contributed by atoms with Crippen LogP contribution in [0.1, 0.15) is 19.9 Å². The van der Waals surface area contributed by atoms with Gasteiger partial charge in [0.15, 0.2) is 0 Å². The molecular weight excluding hydrogens is 152 g/mol. The SMILES string of the molecule is COCC(C(C)C)n1cccn1. The maximum Gasteiger partial charge on any atom is 0.0775 e. The van der Waals surface area contributed by atoms with Crippen molar-refractivity contribution in [1.29, 1.82) is 0 Å². The molecule has 0 radical (unpaired) electrons. The summed E-state index contributed by atoms with van der Waals surface area (Å²) in [6.45, 7) is 5.07. The summed E-state index contributed by atoms with van der Waals surface area (Å²) in [7, 11) is 1.72. The second-order valence-electron chi connectivity index (χ2n) is 3.25. The lowest BCUT2D eigenvalue weighted by Crippen LogP contribution is -2.20. The van der Waals surface area contributed by atoms with Crippen LogP contribution < -0.4 is 0 Å². The van der Waals surface area contributed by atoms with Crippen LogP contribution in [0.15, 0.2) is 18.5 Å². The number of methoxy groups -OCH3 is 1. The standard InChI is InChI=1S/C9H16N2O/c1-8(2)9(7-12-3)11-6-4-5-10-11/h4-6,8-9H,7H2,1-3H3. The Morgan fingerprint density at radius 2 is 2.25 bits per heavy atom. The van der Waals surface area contributed by atoms with Crippen LogP contribution in [-0.4, -0.2) is 23.5 Å². The Labute approximate surface area is 73.3 Å². The van der Waals surface area contributed by atoms with Crippen molar-refractivity contribution in [3.05, 3.63) is 18.5 Å². The third-order valence-corrected chi connectivity index (χ3v) is 1.97. The summed E-state index contributed by atoms with van der Waals surface area (Å²) in [5.74, 6) is 0.546. The average Bonchev–Trinajstić information content (AvgIpc) is 2.51. The van der Waals surface area contributed by atoms with E-state index in [-0.39, 0.29) is 0 Å². The molecule has 0 amide bonds. The molecule has 1 aromatic rings. The number of aromatic nitrogens is 2. The Bertz CT molecular complexity index is 206. The molecule has 3 nitrogen and oxygen atoms in total. The van der Waals surface area contributed by atoms with Gasteiger partial charge in [0.25, 0.3) is 0 Å².